The van der Waals surface area contributed by atoms with Gasteiger partial charge in [-0.2, -0.15) is 13.2 Å². The summed E-state index contributed by atoms with van der Waals surface area (Å²) in [5, 5.41) is 0.987. The molecule has 2 aromatic rings. The molecule has 0 aromatic heterocycles. The highest BCUT2D eigenvalue weighted by molar-refractivity contribution is 8.10. The van der Waals surface area contributed by atoms with E-state index in [2.05, 4.69) is 4.18 Å². The van der Waals surface area contributed by atoms with Crippen LogP contribution in [0.2, 0.25) is 0 Å². The normalized spacial score (nSPS) is 17.0. The SMILES string of the molecule is O=S(=O)([N-]S(=O)(=O)C(F)(F)F)Oc1ccc([S+]2CCOCC2)c2ccccc12. The number of rotatable bonds is 5. The summed E-state index contributed by atoms with van der Waals surface area (Å²) in [6, 6.07) is 9.50. The fraction of sp³-hybridized carbons (Fsp3) is 0.333. The molecule has 0 N–H and O–H groups in total. The molecule has 1 aliphatic heterocycles. The fourth-order valence-corrected chi connectivity index (χ4v) is 6.43. The lowest BCUT2D eigenvalue weighted by Gasteiger charge is -2.22. The minimum absolute atomic E-state index is 0.140. The van der Waals surface area contributed by atoms with Crippen LogP contribution in [0.5, 0.6) is 5.75 Å². The van der Waals surface area contributed by atoms with Crippen molar-refractivity contribution in [2.45, 2.75) is 10.4 Å². The average Bonchev–Trinajstić information content (AvgIpc) is 2.60. The van der Waals surface area contributed by atoms with E-state index in [0.717, 1.165) is 16.4 Å². The van der Waals surface area contributed by atoms with Crippen LogP contribution in [0.25, 0.3) is 14.9 Å². The van der Waals surface area contributed by atoms with Gasteiger partial charge in [-0.05, 0) is 18.2 Å². The molecule has 0 unspecified atom stereocenters. The van der Waals surface area contributed by atoms with Gasteiger partial charge >= 0.3 is 5.51 Å². The van der Waals surface area contributed by atoms with E-state index in [0.29, 0.717) is 24.0 Å². The van der Waals surface area contributed by atoms with E-state index in [1.54, 1.807) is 24.3 Å². The molecule has 0 saturated carbocycles. The van der Waals surface area contributed by atoms with Crippen molar-refractivity contribution in [1.29, 1.82) is 0 Å². The van der Waals surface area contributed by atoms with Gasteiger partial charge in [-0.3, -0.25) is 0 Å². The number of hydrogen-bond donors (Lipinski definition) is 0. The van der Waals surface area contributed by atoms with Crippen molar-refractivity contribution in [2.24, 2.45) is 0 Å². The lowest BCUT2D eigenvalue weighted by atomic mass is 10.1. The molecule has 0 atom stereocenters. The minimum Gasteiger partial charge on any atom is -0.394 e. The van der Waals surface area contributed by atoms with Crippen molar-refractivity contribution in [2.75, 3.05) is 24.7 Å². The van der Waals surface area contributed by atoms with Crippen molar-refractivity contribution in [3.8, 4) is 5.75 Å². The number of hydrogen-bond acceptors (Lipinski definition) is 6. The molecular weight excluding hydrogens is 443 g/mol. The van der Waals surface area contributed by atoms with Crippen molar-refractivity contribution >= 4 is 42.0 Å². The van der Waals surface area contributed by atoms with Crippen molar-refractivity contribution in [3.63, 3.8) is 0 Å². The topological polar surface area (TPSA) is 101 Å². The Hall–Kier alpha value is -1.54. The zero-order chi connectivity index (χ0) is 20.6. The second-order valence-corrected chi connectivity index (χ2v) is 10.9. The van der Waals surface area contributed by atoms with Crippen LogP contribution < -0.4 is 4.18 Å². The summed E-state index contributed by atoms with van der Waals surface area (Å²) in [4.78, 5) is 0.948. The molecule has 0 spiro atoms. The van der Waals surface area contributed by atoms with Crippen LogP contribution in [0.4, 0.5) is 13.2 Å². The first-order chi connectivity index (χ1) is 13.0. The first-order valence-electron chi connectivity index (χ1n) is 7.77. The second-order valence-electron chi connectivity index (χ2n) is 5.63. The molecule has 154 valence electrons. The fourth-order valence-electron chi connectivity index (χ4n) is 2.60. The Kier molecular flexibility index (Phi) is 5.83. The smallest absolute Gasteiger partial charge is 0.394 e. The number of alkyl halides is 3. The zero-order valence-electron chi connectivity index (χ0n) is 14.0. The molecule has 1 saturated heterocycles. The molecule has 28 heavy (non-hydrogen) atoms. The maximum absolute atomic E-state index is 12.4. The minimum atomic E-state index is -6.25. The summed E-state index contributed by atoms with van der Waals surface area (Å²) in [5.41, 5.74) is -5.85. The van der Waals surface area contributed by atoms with Gasteiger partial charge in [-0.1, -0.05) is 18.2 Å². The summed E-state index contributed by atoms with van der Waals surface area (Å²) >= 11 is 0. The molecule has 0 bridgehead atoms. The lowest BCUT2D eigenvalue weighted by Crippen LogP contribution is -2.26. The summed E-state index contributed by atoms with van der Waals surface area (Å²) in [6.07, 6.45) is 0. The highest BCUT2D eigenvalue weighted by Crippen LogP contribution is 2.36. The first-order valence-corrected chi connectivity index (χ1v) is 12.1. The molecule has 1 aliphatic rings. The maximum atomic E-state index is 12.4. The predicted molar refractivity (Wildman–Crippen MR) is 98.0 cm³/mol. The van der Waals surface area contributed by atoms with Crippen molar-refractivity contribution in [3.05, 3.63) is 40.5 Å². The van der Waals surface area contributed by atoms with Gasteiger partial charge in [0.05, 0.1) is 13.2 Å². The standard InChI is InChI=1S/C15H14F3NO6S3/c16-15(17,18)27(20,21)19-28(22,23)25-13-5-6-14(26-9-7-24-8-10-26)12-4-2-1-3-11(12)13/h1-6H,7-10H2. The molecule has 0 amide bonds. The largest absolute Gasteiger partial charge is 0.480 e. The van der Waals surface area contributed by atoms with E-state index in [4.69, 9.17) is 4.74 Å². The molecule has 0 radical (unpaired) electrons. The molecule has 2 aromatic carbocycles. The molecule has 3 rings (SSSR count). The van der Waals surface area contributed by atoms with Gasteiger partial charge in [0.25, 0.3) is 0 Å². The monoisotopic (exact) mass is 457 g/mol. The number of benzene rings is 2. The van der Waals surface area contributed by atoms with Crippen LogP contribution in [-0.2, 0) is 36.0 Å². The Labute approximate surface area is 162 Å². The van der Waals surface area contributed by atoms with E-state index in [-0.39, 0.29) is 16.6 Å². The van der Waals surface area contributed by atoms with E-state index < -0.39 is 25.8 Å². The van der Waals surface area contributed by atoms with Crippen LogP contribution in [0.15, 0.2) is 41.3 Å². The first kappa shape index (κ1) is 21.2. The van der Waals surface area contributed by atoms with Gasteiger partial charge in [0, 0.05) is 21.7 Å². The quantitative estimate of drug-likeness (QED) is 0.640. The van der Waals surface area contributed by atoms with Crippen molar-refractivity contribution in [1.82, 2.24) is 0 Å². The van der Waals surface area contributed by atoms with Gasteiger partial charge in [-0.25, -0.2) is 16.8 Å². The number of sulfonamides is 1. The van der Waals surface area contributed by atoms with E-state index in [9.17, 15) is 30.0 Å². The molecule has 13 heteroatoms. The number of ether oxygens (including phenoxy) is 1. The average molecular weight is 457 g/mol. The lowest BCUT2D eigenvalue weighted by molar-refractivity contribution is -0.0425. The van der Waals surface area contributed by atoms with E-state index in [1.807, 2.05) is 4.13 Å². The van der Waals surface area contributed by atoms with Crippen LogP contribution in [0, 0.1) is 0 Å². The van der Waals surface area contributed by atoms with Crippen molar-refractivity contribution < 1.29 is 38.9 Å². The Morgan fingerprint density at radius 3 is 2.18 bits per heavy atom. The van der Waals surface area contributed by atoms with Crippen LogP contribution in [0.3, 0.4) is 0 Å². The Bertz CT molecular complexity index is 1080. The Balaban J connectivity index is 1.96. The number of nitrogens with zero attached hydrogens (tertiary/aromatic N) is 1. The molecule has 7 nitrogen and oxygen atoms in total. The molecule has 0 aliphatic carbocycles. The maximum Gasteiger partial charge on any atom is 0.480 e. The van der Waals surface area contributed by atoms with E-state index >= 15 is 0 Å². The number of halogens is 3. The molecular formula is C15H14F3NO6S3. The Morgan fingerprint density at radius 1 is 0.964 bits per heavy atom. The van der Waals surface area contributed by atoms with Gasteiger partial charge in [-0.15, -0.1) is 0 Å². The third-order valence-corrected chi connectivity index (χ3v) is 8.57. The predicted octanol–water partition coefficient (Wildman–Crippen LogP) is 2.69. The highest BCUT2D eigenvalue weighted by Gasteiger charge is 2.41. The third kappa shape index (κ3) is 4.54. The van der Waals surface area contributed by atoms with Crippen LogP contribution in [-0.4, -0.2) is 47.1 Å². The summed E-state index contributed by atoms with van der Waals surface area (Å²) in [6.45, 7) is 1.19. The zero-order valence-corrected chi connectivity index (χ0v) is 16.5. The summed E-state index contributed by atoms with van der Waals surface area (Å²) < 4.78 is 94.7. The summed E-state index contributed by atoms with van der Waals surface area (Å²) in [7, 11) is -11.8. The van der Waals surface area contributed by atoms with Gasteiger partial charge in [0.15, 0.2) is 14.9 Å². The highest BCUT2D eigenvalue weighted by atomic mass is 32.3. The Morgan fingerprint density at radius 2 is 1.57 bits per heavy atom. The number of fused-ring (bicyclic) bond motifs is 1. The van der Waals surface area contributed by atoms with Crippen LogP contribution >= 0.6 is 0 Å². The van der Waals surface area contributed by atoms with Gasteiger partial charge < -0.3 is 13.0 Å². The second kappa shape index (κ2) is 7.71. The van der Waals surface area contributed by atoms with E-state index in [1.165, 1.54) is 12.1 Å². The van der Waals surface area contributed by atoms with Gasteiger partial charge in [0.1, 0.15) is 17.3 Å². The summed E-state index contributed by atoms with van der Waals surface area (Å²) in [5.74, 6) is 1.28. The molecule has 1 heterocycles. The van der Waals surface area contributed by atoms with Crippen LogP contribution in [0.1, 0.15) is 0 Å². The third-order valence-electron chi connectivity index (χ3n) is 3.78. The van der Waals surface area contributed by atoms with Gasteiger partial charge in [0.2, 0.25) is 10.3 Å². The molecule has 1 fully saturated rings.